The van der Waals surface area contributed by atoms with Crippen molar-refractivity contribution < 1.29 is 9.18 Å². The van der Waals surface area contributed by atoms with Crippen molar-refractivity contribution in [1.82, 2.24) is 29.8 Å². The summed E-state index contributed by atoms with van der Waals surface area (Å²) in [5.41, 5.74) is 2.80. The maximum absolute atomic E-state index is 14.5. The molecule has 0 aromatic carbocycles. The van der Waals surface area contributed by atoms with Crippen LogP contribution >= 0.6 is 0 Å². The van der Waals surface area contributed by atoms with E-state index in [0.29, 0.717) is 24.3 Å². The molecule has 0 saturated carbocycles. The van der Waals surface area contributed by atoms with Gasteiger partial charge in [0.1, 0.15) is 11.2 Å². The van der Waals surface area contributed by atoms with Crippen LogP contribution in [0.5, 0.6) is 0 Å². The Morgan fingerprint density at radius 3 is 2.78 bits per heavy atom. The number of fused-ring (bicyclic) bond motifs is 1. The van der Waals surface area contributed by atoms with Gasteiger partial charge in [-0.3, -0.25) is 14.5 Å². The van der Waals surface area contributed by atoms with Crippen molar-refractivity contribution in [3.8, 4) is 0 Å². The number of nitrogens with zero attached hydrogens (tertiary/aromatic N) is 5. The third-order valence-corrected chi connectivity index (χ3v) is 6.26. The Hall–Kier alpha value is -3.53. The van der Waals surface area contributed by atoms with Crippen LogP contribution in [0.15, 0.2) is 41.5 Å². The average Bonchev–Trinajstić information content (AvgIpc) is 3.49. The van der Waals surface area contributed by atoms with Gasteiger partial charge in [0.2, 0.25) is 5.95 Å². The molecule has 166 valence electrons. The first-order valence-corrected chi connectivity index (χ1v) is 10.7. The third kappa shape index (κ3) is 3.66. The van der Waals surface area contributed by atoms with E-state index in [0.717, 1.165) is 37.2 Å². The molecular formula is C22H24FN7O2. The van der Waals surface area contributed by atoms with Gasteiger partial charge < -0.3 is 15.2 Å². The van der Waals surface area contributed by atoms with E-state index in [1.54, 1.807) is 28.9 Å². The highest BCUT2D eigenvalue weighted by Gasteiger charge is 2.28. The van der Waals surface area contributed by atoms with Gasteiger partial charge >= 0.3 is 0 Å². The zero-order valence-electron chi connectivity index (χ0n) is 17.7. The van der Waals surface area contributed by atoms with Gasteiger partial charge in [0.25, 0.3) is 11.5 Å². The fourth-order valence-electron chi connectivity index (χ4n) is 4.53. The highest BCUT2D eigenvalue weighted by Crippen LogP contribution is 2.30. The monoisotopic (exact) mass is 437 g/mol. The second-order valence-electron chi connectivity index (χ2n) is 8.06. The van der Waals surface area contributed by atoms with Gasteiger partial charge in [-0.2, -0.15) is 9.49 Å². The molecule has 1 fully saturated rings. The Bertz CT molecular complexity index is 1260. The van der Waals surface area contributed by atoms with Crippen molar-refractivity contribution >= 4 is 22.7 Å². The summed E-state index contributed by atoms with van der Waals surface area (Å²) in [7, 11) is 1.49. The molecule has 0 spiro atoms. The normalized spacial score (nSPS) is 19.4. The first kappa shape index (κ1) is 20.4. The van der Waals surface area contributed by atoms with Gasteiger partial charge in [0.05, 0.1) is 23.8 Å². The summed E-state index contributed by atoms with van der Waals surface area (Å²) >= 11 is 0. The molecule has 0 radical (unpaired) electrons. The topological polar surface area (TPSA) is 98.6 Å². The summed E-state index contributed by atoms with van der Waals surface area (Å²) in [6.45, 7) is 2.93. The van der Waals surface area contributed by atoms with Crippen LogP contribution < -0.4 is 15.8 Å². The van der Waals surface area contributed by atoms with Crippen LogP contribution in [0.3, 0.4) is 0 Å². The fraction of sp³-hybridized carbons (Fsp3) is 0.364. The van der Waals surface area contributed by atoms with E-state index in [1.807, 2.05) is 11.1 Å². The Morgan fingerprint density at radius 1 is 1.22 bits per heavy atom. The Kier molecular flexibility index (Phi) is 5.22. The number of carbonyl (C=O) groups is 1. The number of anilines is 1. The number of piperazine rings is 1. The molecule has 1 saturated heterocycles. The molecule has 32 heavy (non-hydrogen) atoms. The fourth-order valence-corrected chi connectivity index (χ4v) is 4.53. The molecule has 2 aliphatic rings. The van der Waals surface area contributed by atoms with Crippen LogP contribution in [0.2, 0.25) is 0 Å². The predicted octanol–water partition coefficient (Wildman–Crippen LogP) is 1.28. The standard InChI is InChI=1S/C22H24FN7O2/c1-24-21(31)16-4-5-18(20(23)26-16)29-10-8-28(9-11-29)15-3-2-14(12-15)17-13-30-19(6-7-25-30)22(32)27-17/h4-7,12-13,15H,2-3,8-11H2,1H3,(H,24,31)(H,27,32). The lowest BCUT2D eigenvalue weighted by molar-refractivity contribution is 0.0957. The van der Waals surface area contributed by atoms with Crippen molar-refractivity contribution in [1.29, 1.82) is 0 Å². The Morgan fingerprint density at radius 2 is 2.03 bits per heavy atom. The SMILES string of the molecule is CNC(=O)c1ccc(N2CCN(C3C=C(c4cn5nccc5c(=O)[nH]4)CC3)CC2)c(F)n1. The third-order valence-electron chi connectivity index (χ3n) is 6.26. The van der Waals surface area contributed by atoms with Crippen LogP contribution in [0.4, 0.5) is 10.1 Å². The largest absolute Gasteiger partial charge is 0.365 e. The van der Waals surface area contributed by atoms with Crippen molar-refractivity contribution in [2.75, 3.05) is 38.1 Å². The summed E-state index contributed by atoms with van der Waals surface area (Å²) in [6, 6.07) is 5.14. The van der Waals surface area contributed by atoms with Gasteiger partial charge in [0.15, 0.2) is 0 Å². The number of hydrogen-bond donors (Lipinski definition) is 2. The van der Waals surface area contributed by atoms with Gasteiger partial charge in [-0.05, 0) is 36.6 Å². The van der Waals surface area contributed by atoms with E-state index >= 15 is 0 Å². The number of allylic oxidation sites excluding steroid dienone is 1. The molecular weight excluding hydrogens is 413 g/mol. The second kappa shape index (κ2) is 8.19. The summed E-state index contributed by atoms with van der Waals surface area (Å²) in [6.07, 6.45) is 7.56. The molecule has 5 rings (SSSR count). The van der Waals surface area contributed by atoms with E-state index in [4.69, 9.17) is 0 Å². The van der Waals surface area contributed by atoms with E-state index < -0.39 is 11.9 Å². The molecule has 1 atom stereocenters. The molecule has 0 bridgehead atoms. The van der Waals surface area contributed by atoms with Crippen LogP contribution in [-0.2, 0) is 0 Å². The summed E-state index contributed by atoms with van der Waals surface area (Å²) < 4.78 is 16.1. The lowest BCUT2D eigenvalue weighted by atomic mass is 10.1. The number of aromatic amines is 1. The number of aromatic nitrogens is 4. The number of pyridine rings is 1. The Labute approximate surface area is 183 Å². The zero-order chi connectivity index (χ0) is 22.2. The molecule has 10 heteroatoms. The van der Waals surface area contributed by atoms with E-state index in [-0.39, 0.29) is 17.3 Å². The van der Waals surface area contributed by atoms with Crippen LogP contribution in [0.1, 0.15) is 29.0 Å². The van der Waals surface area contributed by atoms with Gasteiger partial charge in [0, 0.05) is 39.3 Å². The maximum atomic E-state index is 14.5. The molecule has 4 heterocycles. The van der Waals surface area contributed by atoms with Crippen molar-refractivity contribution in [2.24, 2.45) is 0 Å². The van der Waals surface area contributed by atoms with Crippen molar-refractivity contribution in [3.63, 3.8) is 0 Å². The molecule has 3 aromatic heterocycles. The summed E-state index contributed by atoms with van der Waals surface area (Å²) in [5.74, 6) is -1.03. The van der Waals surface area contributed by atoms with Gasteiger partial charge in [-0.25, -0.2) is 9.50 Å². The van der Waals surface area contributed by atoms with Crippen molar-refractivity contribution in [2.45, 2.75) is 18.9 Å². The van der Waals surface area contributed by atoms with E-state index in [9.17, 15) is 14.0 Å². The first-order valence-electron chi connectivity index (χ1n) is 10.7. The minimum atomic E-state index is -0.624. The van der Waals surface area contributed by atoms with Crippen LogP contribution in [-0.4, -0.2) is 69.7 Å². The quantitative estimate of drug-likeness (QED) is 0.597. The number of carbonyl (C=O) groups excluding carboxylic acids is 1. The number of H-pyrrole nitrogens is 1. The minimum Gasteiger partial charge on any atom is -0.365 e. The van der Waals surface area contributed by atoms with Crippen LogP contribution in [0.25, 0.3) is 11.1 Å². The summed E-state index contributed by atoms with van der Waals surface area (Å²) in [5, 5.41) is 6.63. The molecule has 9 nitrogen and oxygen atoms in total. The number of rotatable bonds is 4. The minimum absolute atomic E-state index is 0.0716. The smallest absolute Gasteiger partial charge is 0.274 e. The lowest BCUT2D eigenvalue weighted by Gasteiger charge is -2.38. The molecule has 1 unspecified atom stereocenters. The maximum Gasteiger partial charge on any atom is 0.274 e. The second-order valence-corrected chi connectivity index (χ2v) is 8.06. The van der Waals surface area contributed by atoms with Gasteiger partial charge in [-0.1, -0.05) is 6.08 Å². The lowest BCUT2D eigenvalue weighted by Crippen LogP contribution is -2.49. The number of amides is 1. The molecule has 1 aliphatic carbocycles. The Balaban J connectivity index is 1.26. The van der Waals surface area contributed by atoms with E-state index in [2.05, 4.69) is 31.4 Å². The molecule has 1 amide bonds. The van der Waals surface area contributed by atoms with Gasteiger partial charge in [-0.15, -0.1) is 0 Å². The van der Waals surface area contributed by atoms with Crippen molar-refractivity contribution in [3.05, 3.63) is 64.4 Å². The zero-order valence-corrected chi connectivity index (χ0v) is 17.7. The molecule has 2 N–H and O–H groups in total. The number of nitrogens with one attached hydrogen (secondary N) is 2. The highest BCUT2D eigenvalue weighted by molar-refractivity contribution is 5.92. The van der Waals surface area contributed by atoms with Crippen LogP contribution in [0, 0.1) is 5.95 Å². The average molecular weight is 437 g/mol. The molecule has 3 aromatic rings. The number of hydrogen-bond acceptors (Lipinski definition) is 6. The first-order chi connectivity index (χ1) is 15.5. The van der Waals surface area contributed by atoms with E-state index in [1.165, 1.54) is 7.05 Å². The highest BCUT2D eigenvalue weighted by atomic mass is 19.1. The summed E-state index contributed by atoms with van der Waals surface area (Å²) in [4.78, 5) is 35.0. The molecule has 1 aliphatic heterocycles. The predicted molar refractivity (Wildman–Crippen MR) is 118 cm³/mol. The number of halogens is 1.